The van der Waals surface area contributed by atoms with Crippen molar-refractivity contribution in [2.75, 3.05) is 12.4 Å². The molecule has 1 aliphatic carbocycles. The number of hydrogen-bond acceptors (Lipinski definition) is 5. The van der Waals surface area contributed by atoms with Crippen molar-refractivity contribution in [2.24, 2.45) is 0 Å². The van der Waals surface area contributed by atoms with Crippen LogP contribution in [0, 0.1) is 0 Å². The van der Waals surface area contributed by atoms with E-state index in [4.69, 9.17) is 9.15 Å². The van der Waals surface area contributed by atoms with Gasteiger partial charge in [0.1, 0.15) is 5.52 Å². The first-order valence-electron chi connectivity index (χ1n) is 8.65. The van der Waals surface area contributed by atoms with Crippen LogP contribution in [-0.4, -0.2) is 28.6 Å². The lowest BCUT2D eigenvalue weighted by Gasteiger charge is -2.26. The molecule has 130 valence electrons. The molecule has 4 rings (SSSR count). The van der Waals surface area contributed by atoms with Crippen LogP contribution in [0.25, 0.3) is 11.1 Å². The minimum Gasteiger partial charge on any atom is -0.431 e. The number of ether oxygens (including phenoxy) is 1. The molecule has 0 fully saturated rings. The van der Waals surface area contributed by atoms with Crippen LogP contribution in [-0.2, 0) is 11.2 Å². The van der Waals surface area contributed by atoms with E-state index in [1.54, 1.807) is 0 Å². The Morgan fingerprint density at radius 3 is 2.96 bits per heavy atom. The average Bonchev–Trinajstić information content (AvgIpc) is 3.07. The molecule has 0 saturated carbocycles. The van der Waals surface area contributed by atoms with E-state index < -0.39 is 6.10 Å². The number of benzene rings is 2. The molecule has 0 saturated heterocycles. The van der Waals surface area contributed by atoms with Crippen LogP contribution < -0.4 is 0 Å². The molecule has 1 aromatic heterocycles. The minimum atomic E-state index is -0.547. The Morgan fingerprint density at radius 1 is 1.20 bits per heavy atom. The fourth-order valence-electron chi connectivity index (χ4n) is 3.24. The monoisotopic (exact) mass is 355 g/mol. The highest BCUT2D eigenvalue weighted by Crippen LogP contribution is 2.32. The van der Waals surface area contributed by atoms with Crippen molar-refractivity contribution in [2.45, 2.75) is 36.7 Å². The molecule has 0 bridgehead atoms. The van der Waals surface area contributed by atoms with E-state index in [0.29, 0.717) is 17.6 Å². The predicted octanol–water partition coefficient (Wildman–Crippen LogP) is 4.38. The molecule has 3 aromatic rings. The van der Waals surface area contributed by atoms with Crippen molar-refractivity contribution in [3.05, 3.63) is 59.7 Å². The molecule has 0 radical (unpaired) electrons. The highest BCUT2D eigenvalue weighted by Gasteiger charge is 2.21. The molecule has 1 heterocycles. The predicted molar refractivity (Wildman–Crippen MR) is 98.8 cm³/mol. The maximum Gasteiger partial charge on any atom is 0.256 e. The zero-order valence-corrected chi connectivity index (χ0v) is 14.7. The quantitative estimate of drug-likeness (QED) is 0.665. The van der Waals surface area contributed by atoms with Crippen LogP contribution in [0.2, 0.25) is 0 Å². The minimum absolute atomic E-state index is 0.0916. The lowest BCUT2D eigenvalue weighted by Crippen LogP contribution is -2.22. The Bertz CT molecular complexity index is 815. The van der Waals surface area contributed by atoms with Crippen LogP contribution in [0.1, 0.15) is 30.1 Å². The van der Waals surface area contributed by atoms with Gasteiger partial charge in [-0.05, 0) is 42.5 Å². The van der Waals surface area contributed by atoms with Gasteiger partial charge in [-0.3, -0.25) is 0 Å². The number of aromatic nitrogens is 1. The lowest BCUT2D eigenvalue weighted by atomic mass is 9.89. The molecule has 0 unspecified atom stereocenters. The van der Waals surface area contributed by atoms with Gasteiger partial charge in [-0.15, -0.1) is 0 Å². The molecule has 2 aromatic carbocycles. The molecule has 5 heteroatoms. The van der Waals surface area contributed by atoms with Gasteiger partial charge in [-0.1, -0.05) is 48.2 Å². The third kappa shape index (κ3) is 3.89. The van der Waals surface area contributed by atoms with E-state index in [1.807, 2.05) is 24.3 Å². The molecule has 25 heavy (non-hydrogen) atoms. The molecule has 2 atom stereocenters. The van der Waals surface area contributed by atoms with E-state index in [9.17, 15) is 5.11 Å². The summed E-state index contributed by atoms with van der Waals surface area (Å²) >= 11 is 1.42. The van der Waals surface area contributed by atoms with Gasteiger partial charge >= 0.3 is 0 Å². The summed E-state index contributed by atoms with van der Waals surface area (Å²) in [6.07, 6.45) is 2.81. The van der Waals surface area contributed by atoms with Crippen LogP contribution in [0.4, 0.5) is 0 Å². The Hall–Kier alpha value is -1.82. The molecule has 1 N–H and O–H groups in total. The number of aliphatic hydroxyl groups is 1. The number of aryl methyl sites for hydroxylation is 1. The molecule has 1 aliphatic rings. The second-order valence-electron chi connectivity index (χ2n) is 6.33. The fraction of sp³-hybridized carbons (Fsp3) is 0.350. The fourth-order valence-corrected chi connectivity index (χ4v) is 3.98. The summed E-state index contributed by atoms with van der Waals surface area (Å²) in [6.45, 7) is 0.326. The zero-order chi connectivity index (χ0) is 17.1. The van der Waals surface area contributed by atoms with Crippen molar-refractivity contribution >= 4 is 22.9 Å². The van der Waals surface area contributed by atoms with Crippen LogP contribution >= 0.6 is 11.8 Å². The number of thioether (sulfide) groups is 1. The van der Waals surface area contributed by atoms with Gasteiger partial charge in [0.2, 0.25) is 0 Å². The Kier molecular flexibility index (Phi) is 5.06. The first-order valence-corrected chi connectivity index (χ1v) is 9.64. The largest absolute Gasteiger partial charge is 0.431 e. The first-order chi connectivity index (χ1) is 12.3. The summed E-state index contributed by atoms with van der Waals surface area (Å²) in [4.78, 5) is 4.41. The zero-order valence-electron chi connectivity index (χ0n) is 13.9. The van der Waals surface area contributed by atoms with Gasteiger partial charge in [0.15, 0.2) is 5.58 Å². The summed E-state index contributed by atoms with van der Waals surface area (Å²) in [7, 11) is 0. The topological polar surface area (TPSA) is 55.5 Å². The van der Waals surface area contributed by atoms with Crippen molar-refractivity contribution in [3.63, 3.8) is 0 Å². The second-order valence-corrected chi connectivity index (χ2v) is 7.30. The Balaban J connectivity index is 1.30. The highest BCUT2D eigenvalue weighted by molar-refractivity contribution is 7.99. The normalized spacial score (nSPS) is 18.2. The number of nitrogens with zero attached hydrogens (tertiary/aromatic N) is 1. The number of aliphatic hydroxyl groups excluding tert-OH is 1. The SMILES string of the molecule is O[C@@H](CO[C@@H]1CCCc2ccccc21)CSc1nc2ccccc2o1. The van der Waals surface area contributed by atoms with Gasteiger partial charge in [-0.25, -0.2) is 4.98 Å². The van der Waals surface area contributed by atoms with Gasteiger partial charge in [0.05, 0.1) is 18.8 Å². The van der Waals surface area contributed by atoms with Gasteiger partial charge < -0.3 is 14.3 Å². The third-order valence-electron chi connectivity index (χ3n) is 4.48. The van der Waals surface area contributed by atoms with Gasteiger partial charge in [0.25, 0.3) is 5.22 Å². The highest BCUT2D eigenvalue weighted by atomic mass is 32.2. The number of fused-ring (bicyclic) bond motifs is 2. The summed E-state index contributed by atoms with van der Waals surface area (Å²) in [6, 6.07) is 16.1. The van der Waals surface area contributed by atoms with E-state index in [0.717, 1.165) is 30.4 Å². The van der Waals surface area contributed by atoms with E-state index in [-0.39, 0.29) is 6.10 Å². The molecule has 0 spiro atoms. The second kappa shape index (κ2) is 7.60. The van der Waals surface area contributed by atoms with E-state index in [2.05, 4.69) is 29.2 Å². The standard InChI is InChI=1S/C20H21NO3S/c22-15(13-25-20-21-17-9-3-4-10-19(17)24-20)12-23-18-11-5-7-14-6-1-2-8-16(14)18/h1-4,6,8-10,15,18,22H,5,7,11-13H2/t15-,18+/m0/s1. The van der Waals surface area contributed by atoms with Gasteiger partial charge in [-0.2, -0.15) is 0 Å². The molecular weight excluding hydrogens is 334 g/mol. The van der Waals surface area contributed by atoms with Crippen molar-refractivity contribution in [3.8, 4) is 0 Å². The molecule has 0 amide bonds. The van der Waals surface area contributed by atoms with Gasteiger partial charge in [0, 0.05) is 5.75 Å². The number of rotatable bonds is 6. The Labute approximate surface area is 151 Å². The Morgan fingerprint density at radius 2 is 2.04 bits per heavy atom. The summed E-state index contributed by atoms with van der Waals surface area (Å²) < 4.78 is 11.7. The average molecular weight is 355 g/mol. The summed E-state index contributed by atoms with van der Waals surface area (Å²) in [5.74, 6) is 0.501. The summed E-state index contributed by atoms with van der Waals surface area (Å²) in [5, 5.41) is 10.8. The van der Waals surface area contributed by atoms with E-state index in [1.165, 1.54) is 22.9 Å². The van der Waals surface area contributed by atoms with Crippen LogP contribution in [0.15, 0.2) is 58.2 Å². The summed E-state index contributed by atoms with van der Waals surface area (Å²) in [5.41, 5.74) is 4.26. The van der Waals surface area contributed by atoms with Crippen LogP contribution in [0.3, 0.4) is 0 Å². The maximum atomic E-state index is 10.2. The molecule has 0 aliphatic heterocycles. The van der Waals surface area contributed by atoms with Crippen molar-refractivity contribution < 1.29 is 14.3 Å². The smallest absolute Gasteiger partial charge is 0.256 e. The number of hydrogen-bond donors (Lipinski definition) is 1. The number of para-hydroxylation sites is 2. The molecule has 4 nitrogen and oxygen atoms in total. The lowest BCUT2D eigenvalue weighted by molar-refractivity contribution is -0.00963. The van der Waals surface area contributed by atoms with Crippen molar-refractivity contribution in [1.29, 1.82) is 0 Å². The maximum absolute atomic E-state index is 10.2. The molecular formula is C20H21NO3S. The first kappa shape index (κ1) is 16.6. The third-order valence-corrected chi connectivity index (χ3v) is 5.45. The van der Waals surface area contributed by atoms with Crippen molar-refractivity contribution in [1.82, 2.24) is 4.98 Å². The van der Waals surface area contributed by atoms with E-state index >= 15 is 0 Å². The number of oxazole rings is 1. The van der Waals surface area contributed by atoms with Crippen LogP contribution in [0.5, 0.6) is 0 Å².